The molecule has 1 heterocycles. The number of ketones is 4. The van der Waals surface area contributed by atoms with Crippen LogP contribution in [0.4, 0.5) is 13.2 Å². The first-order valence-electron chi connectivity index (χ1n) is 16.2. The van der Waals surface area contributed by atoms with Crippen LogP contribution < -0.4 is 4.18 Å². The van der Waals surface area contributed by atoms with Crippen molar-refractivity contribution in [1.82, 2.24) is 9.78 Å². The Balaban J connectivity index is 0.000000249. The number of nitrogens with zero attached hydrogens (tertiary/aromatic N) is 2. The van der Waals surface area contributed by atoms with E-state index >= 15 is 0 Å². The molecule has 1 aliphatic rings. The maximum absolute atomic E-state index is 13.0. The molecule has 300 valence electrons. The molecule has 1 saturated carbocycles. The highest BCUT2D eigenvalue weighted by molar-refractivity contribution is 7.90. The third-order valence-electron chi connectivity index (χ3n) is 8.20. The Morgan fingerprint density at radius 2 is 1.50 bits per heavy atom. The first-order chi connectivity index (χ1) is 25.9. The summed E-state index contributed by atoms with van der Waals surface area (Å²) in [6.07, 6.45) is -3.40. The second-order valence-corrected chi connectivity index (χ2v) is 17.3. The van der Waals surface area contributed by atoms with Crippen molar-refractivity contribution in [2.45, 2.75) is 55.7 Å². The largest absolute Gasteiger partial charge is 0.411 e. The number of aryl methyl sites for hydroxylation is 3. The van der Waals surface area contributed by atoms with Crippen LogP contribution in [0, 0.1) is 19.8 Å². The number of carbonyl (C=O) groups excluding carboxylic acids is 4. The Bertz CT molecular complexity index is 2420. The molecule has 0 unspecified atom stereocenters. The van der Waals surface area contributed by atoms with Crippen molar-refractivity contribution >= 4 is 77.9 Å². The fourth-order valence-corrected chi connectivity index (χ4v) is 8.31. The van der Waals surface area contributed by atoms with E-state index < -0.39 is 78.3 Å². The molecular weight excluding hydrogens is 848 g/mol. The quantitative estimate of drug-likeness (QED) is 0.0842. The van der Waals surface area contributed by atoms with E-state index in [1.165, 1.54) is 42.1 Å². The van der Waals surface area contributed by atoms with E-state index in [9.17, 15) is 49.2 Å². The van der Waals surface area contributed by atoms with Crippen LogP contribution in [0.5, 0.6) is 5.88 Å². The number of ether oxygens (including phenoxy) is 1. The first-order valence-corrected chi connectivity index (χ1v) is 20.7. The van der Waals surface area contributed by atoms with Gasteiger partial charge in [-0.1, -0.05) is 52.5 Å². The van der Waals surface area contributed by atoms with Crippen molar-refractivity contribution < 1.29 is 58.1 Å². The summed E-state index contributed by atoms with van der Waals surface area (Å²) in [5, 5.41) is 4.20. The molecule has 0 amide bonds. The summed E-state index contributed by atoms with van der Waals surface area (Å²) in [6, 6.07) is 12.7. The number of benzene rings is 3. The van der Waals surface area contributed by atoms with Crippen LogP contribution in [0.3, 0.4) is 0 Å². The van der Waals surface area contributed by atoms with Crippen LogP contribution in [0.1, 0.15) is 62.4 Å². The maximum Gasteiger partial charge on any atom is 0.411 e. The highest BCUT2D eigenvalue weighted by Crippen LogP contribution is 2.34. The Kier molecular flexibility index (Phi) is 14.0. The van der Waals surface area contributed by atoms with E-state index in [4.69, 9.17) is 39.0 Å². The lowest BCUT2D eigenvalue weighted by Gasteiger charge is -2.20. The number of Topliss-reactive ketones (excluding diaryl/α,β-unsaturated/α-hetero) is 3. The van der Waals surface area contributed by atoms with Crippen molar-refractivity contribution in [2.75, 3.05) is 12.9 Å². The molecule has 1 aliphatic carbocycles. The predicted molar refractivity (Wildman–Crippen MR) is 199 cm³/mol. The predicted octanol–water partition coefficient (Wildman–Crippen LogP) is 7.29. The first kappa shape index (κ1) is 44.6. The molecule has 0 atom stereocenters. The third-order valence-corrected chi connectivity index (χ3v) is 11.6. The fourth-order valence-electron chi connectivity index (χ4n) is 5.56. The lowest BCUT2D eigenvalue weighted by atomic mass is 9.81. The van der Waals surface area contributed by atoms with Crippen LogP contribution in [0.15, 0.2) is 64.4 Å². The fraction of sp³-hybridized carbons (Fsp3) is 0.306. The van der Waals surface area contributed by atoms with Crippen LogP contribution in [0.2, 0.25) is 15.1 Å². The van der Waals surface area contributed by atoms with Crippen molar-refractivity contribution in [2.24, 2.45) is 13.0 Å². The van der Waals surface area contributed by atoms with Crippen molar-refractivity contribution in [3.63, 3.8) is 0 Å². The average Bonchev–Trinajstić information content (AvgIpc) is 3.35. The van der Waals surface area contributed by atoms with Crippen LogP contribution >= 0.6 is 34.8 Å². The van der Waals surface area contributed by atoms with Gasteiger partial charge in [0.1, 0.15) is 23.0 Å². The topological polar surface area (TPSA) is 173 Å². The van der Waals surface area contributed by atoms with E-state index in [1.807, 2.05) is 6.92 Å². The minimum atomic E-state index is -4.65. The highest BCUT2D eigenvalue weighted by atomic mass is 35.5. The zero-order valence-electron chi connectivity index (χ0n) is 29.9. The Hall–Kier alpha value is -4.13. The number of hydrogen-bond acceptors (Lipinski definition) is 11. The van der Waals surface area contributed by atoms with Crippen LogP contribution in [-0.2, 0) is 47.9 Å². The second kappa shape index (κ2) is 17.6. The van der Waals surface area contributed by atoms with Gasteiger partial charge in [-0.15, -0.1) is 0 Å². The van der Waals surface area contributed by atoms with E-state index in [-0.39, 0.29) is 50.9 Å². The molecule has 0 radical (unpaired) electrons. The van der Waals surface area contributed by atoms with Gasteiger partial charge in [-0.25, -0.2) is 13.1 Å². The Morgan fingerprint density at radius 3 is 2.05 bits per heavy atom. The monoisotopic (exact) mass is 878 g/mol. The van der Waals surface area contributed by atoms with Gasteiger partial charge in [0.2, 0.25) is 11.7 Å². The van der Waals surface area contributed by atoms with Gasteiger partial charge in [0.25, 0.3) is 0 Å². The van der Waals surface area contributed by atoms with Gasteiger partial charge in [0, 0.05) is 47.9 Å². The Morgan fingerprint density at radius 1 is 0.911 bits per heavy atom. The standard InChI is InChI=1S/C19H16Cl2N2O4S.C17H16ClF3O6S/c1-11-4-7-14(8-5-11)28(25,26)27-19-17(12(2)22-23(19)3)18(24)15-9-6-13(20)10-16(15)21;1-28(25,26)13-6-5-9(15(18)10(13)7-27-8-17(19,20)21)16(24)14-11(22)3-2-4-12(14)23/h4-10H,1-3H3;5-6,14H,2-4,7-8H2,1H3. The summed E-state index contributed by atoms with van der Waals surface area (Å²) >= 11 is 18.1. The van der Waals surface area contributed by atoms with E-state index in [2.05, 4.69) is 9.84 Å². The average molecular weight is 880 g/mol. The van der Waals surface area contributed by atoms with Crippen molar-refractivity contribution in [1.29, 1.82) is 0 Å². The molecule has 0 spiro atoms. The normalized spacial score (nSPS) is 14.0. The summed E-state index contributed by atoms with van der Waals surface area (Å²) in [5.74, 6) is -4.29. The van der Waals surface area contributed by atoms with Gasteiger partial charge in [0.15, 0.2) is 27.2 Å². The number of aromatic nitrogens is 2. The summed E-state index contributed by atoms with van der Waals surface area (Å²) < 4.78 is 97.2. The van der Waals surface area contributed by atoms with Crippen molar-refractivity contribution in [3.8, 4) is 5.88 Å². The lowest BCUT2D eigenvalue weighted by Crippen LogP contribution is -2.35. The van der Waals surface area contributed by atoms with E-state index in [1.54, 1.807) is 19.1 Å². The highest BCUT2D eigenvalue weighted by Gasteiger charge is 2.38. The Labute approximate surface area is 334 Å². The van der Waals surface area contributed by atoms with Crippen LogP contribution in [0.25, 0.3) is 0 Å². The molecule has 4 aromatic rings. The minimum Gasteiger partial charge on any atom is -0.367 e. The van der Waals surface area contributed by atoms with E-state index in [0.717, 1.165) is 24.0 Å². The molecule has 5 rings (SSSR count). The third kappa shape index (κ3) is 10.6. The zero-order valence-corrected chi connectivity index (χ0v) is 33.8. The number of carbonyl (C=O) groups is 4. The van der Waals surface area contributed by atoms with Gasteiger partial charge in [-0.3, -0.25) is 19.2 Å². The molecule has 20 heteroatoms. The minimum absolute atomic E-state index is 0.0161. The molecule has 0 bridgehead atoms. The van der Waals surface area contributed by atoms with Crippen molar-refractivity contribution in [3.05, 3.63) is 103 Å². The van der Waals surface area contributed by atoms with Gasteiger partial charge < -0.3 is 8.92 Å². The summed E-state index contributed by atoms with van der Waals surface area (Å²) in [4.78, 5) is 49.3. The zero-order chi connectivity index (χ0) is 41.9. The SMILES string of the molecule is CS(=O)(=O)c1ccc(C(=O)C2C(=O)CCCC2=O)c(Cl)c1COCC(F)(F)F.Cc1ccc(S(=O)(=O)Oc2c(C(=O)c3ccc(Cl)cc3Cl)c(C)nn2C)cc1. The number of alkyl halides is 3. The lowest BCUT2D eigenvalue weighted by molar-refractivity contribution is -0.176. The maximum atomic E-state index is 13.0. The second-order valence-electron chi connectivity index (χ2n) is 12.6. The molecule has 1 aromatic heterocycles. The molecular formula is C36H32Cl3F3N2O10S2. The summed E-state index contributed by atoms with van der Waals surface area (Å²) in [5.41, 5.74) is 0.751. The molecule has 0 N–H and O–H groups in total. The van der Waals surface area contributed by atoms with E-state index in [0.29, 0.717) is 17.1 Å². The van der Waals surface area contributed by atoms with Gasteiger partial charge in [-0.05, 0) is 62.7 Å². The van der Waals surface area contributed by atoms with Crippen LogP contribution in [-0.4, -0.2) is 68.8 Å². The molecule has 0 saturated heterocycles. The molecule has 56 heavy (non-hydrogen) atoms. The molecule has 1 fully saturated rings. The number of sulfone groups is 1. The summed E-state index contributed by atoms with van der Waals surface area (Å²) in [7, 11) is -6.57. The molecule has 0 aliphatic heterocycles. The van der Waals surface area contributed by atoms with Gasteiger partial charge >= 0.3 is 16.3 Å². The summed E-state index contributed by atoms with van der Waals surface area (Å²) in [6.45, 7) is 0.954. The van der Waals surface area contributed by atoms with Gasteiger partial charge in [0.05, 0.1) is 27.2 Å². The van der Waals surface area contributed by atoms with Gasteiger partial charge in [-0.2, -0.15) is 26.7 Å². The molecule has 3 aromatic carbocycles. The number of hydrogen-bond donors (Lipinski definition) is 0. The number of rotatable bonds is 11. The number of halogens is 6. The molecule has 12 nitrogen and oxygen atoms in total. The smallest absolute Gasteiger partial charge is 0.367 e.